The van der Waals surface area contributed by atoms with E-state index in [0.717, 1.165) is 5.56 Å². The second-order valence-corrected chi connectivity index (χ2v) is 9.27. The number of nitrogens with zero attached hydrogens (tertiary/aromatic N) is 1. The molecule has 0 bridgehead atoms. The summed E-state index contributed by atoms with van der Waals surface area (Å²) >= 11 is 0. The summed E-state index contributed by atoms with van der Waals surface area (Å²) in [6, 6.07) is 5.83. The molecule has 4 nitrogen and oxygen atoms in total. The lowest BCUT2D eigenvalue weighted by atomic mass is 9.94. The average Bonchev–Trinajstić information content (AvgIpc) is 2.69. The number of nitrogens with one attached hydrogen (secondary N) is 1. The molecule has 0 spiro atoms. The van der Waals surface area contributed by atoms with Gasteiger partial charge in [-0.2, -0.15) is 17.9 Å². The number of aryl methyl sites for hydroxylation is 1. The van der Waals surface area contributed by atoms with Gasteiger partial charge < -0.3 is 4.90 Å². The Morgan fingerprint density at radius 3 is 2.35 bits per heavy atom. The summed E-state index contributed by atoms with van der Waals surface area (Å²) in [5.41, 5.74) is -1.63. The molecule has 1 aliphatic rings. The van der Waals surface area contributed by atoms with E-state index in [1.807, 2.05) is 18.6 Å². The van der Waals surface area contributed by atoms with E-state index < -0.39 is 21.7 Å². The van der Waals surface area contributed by atoms with Crippen molar-refractivity contribution in [1.29, 1.82) is 0 Å². The minimum atomic E-state index is -4.68. The molecule has 8 heteroatoms. The first-order valence-corrected chi connectivity index (χ1v) is 10.3. The maximum atomic E-state index is 14.0. The highest BCUT2D eigenvalue weighted by molar-refractivity contribution is 7.89. The van der Waals surface area contributed by atoms with E-state index in [1.54, 1.807) is 24.0 Å². The number of benzene rings is 1. The maximum Gasteiger partial charge on any atom is 0.408 e. The minimum Gasteiger partial charge on any atom is -0.301 e. The van der Waals surface area contributed by atoms with Crippen LogP contribution in [0.2, 0.25) is 0 Å². The van der Waals surface area contributed by atoms with Gasteiger partial charge in [0.05, 0.1) is 4.90 Å². The number of hydrogen-bond donors (Lipinski definition) is 1. The van der Waals surface area contributed by atoms with Gasteiger partial charge in [0.1, 0.15) is 5.54 Å². The van der Waals surface area contributed by atoms with Crippen molar-refractivity contribution >= 4 is 10.0 Å². The summed E-state index contributed by atoms with van der Waals surface area (Å²) in [7, 11) is -4.28. The molecule has 1 aliphatic heterocycles. The van der Waals surface area contributed by atoms with Crippen LogP contribution >= 0.6 is 0 Å². The molecule has 1 atom stereocenters. The van der Waals surface area contributed by atoms with Crippen LogP contribution in [-0.2, 0) is 10.0 Å². The highest BCUT2D eigenvalue weighted by atomic mass is 32.2. The van der Waals surface area contributed by atoms with Crippen molar-refractivity contribution in [2.24, 2.45) is 5.92 Å². The van der Waals surface area contributed by atoms with Crippen molar-refractivity contribution in [2.75, 3.05) is 19.6 Å². The van der Waals surface area contributed by atoms with Crippen LogP contribution < -0.4 is 4.72 Å². The molecular formula is C18H27F3N2O2S. The van der Waals surface area contributed by atoms with Crippen LogP contribution in [0, 0.1) is 12.8 Å². The fourth-order valence-electron chi connectivity index (χ4n) is 3.38. The van der Waals surface area contributed by atoms with Crippen molar-refractivity contribution in [3.63, 3.8) is 0 Å². The molecule has 2 rings (SSSR count). The monoisotopic (exact) mass is 392 g/mol. The standard InChI is InChI=1S/C18H27F3N2O2S/c1-14(2)12-23-11-5-4-10-17(13-23,18(19,20)21)22-26(24,25)16-8-6-15(3)7-9-16/h6-9,14,22H,4-5,10-13H2,1-3H3. The van der Waals surface area contributed by atoms with Crippen molar-refractivity contribution in [1.82, 2.24) is 9.62 Å². The smallest absolute Gasteiger partial charge is 0.301 e. The first-order valence-electron chi connectivity index (χ1n) is 8.85. The summed E-state index contributed by atoms with van der Waals surface area (Å²) < 4.78 is 69.5. The van der Waals surface area contributed by atoms with Gasteiger partial charge in [0.2, 0.25) is 10.0 Å². The summed E-state index contributed by atoms with van der Waals surface area (Å²) in [6.45, 7) is 6.36. The molecule has 1 saturated heterocycles. The summed E-state index contributed by atoms with van der Waals surface area (Å²) in [5, 5.41) is 0. The molecule has 0 saturated carbocycles. The fraction of sp³-hybridized carbons (Fsp3) is 0.667. The lowest BCUT2D eigenvalue weighted by molar-refractivity contribution is -0.196. The molecule has 0 amide bonds. The van der Waals surface area contributed by atoms with Crippen molar-refractivity contribution in [3.8, 4) is 0 Å². The second-order valence-electron chi connectivity index (χ2n) is 7.58. The Hall–Kier alpha value is -1.12. The normalized spacial score (nSPS) is 23.2. The molecule has 1 N–H and O–H groups in total. The third-order valence-electron chi connectivity index (χ3n) is 4.65. The predicted molar refractivity (Wildman–Crippen MR) is 95.4 cm³/mol. The van der Waals surface area contributed by atoms with Gasteiger partial charge in [-0.15, -0.1) is 0 Å². The largest absolute Gasteiger partial charge is 0.408 e. The zero-order valence-corrected chi connectivity index (χ0v) is 16.3. The molecule has 0 radical (unpaired) electrons. The summed E-state index contributed by atoms with van der Waals surface area (Å²) in [5.74, 6) is 0.202. The fourth-order valence-corrected chi connectivity index (χ4v) is 4.79. The van der Waals surface area contributed by atoms with Crippen LogP contribution in [0.25, 0.3) is 0 Å². The number of hydrogen-bond acceptors (Lipinski definition) is 3. The summed E-state index contributed by atoms with van der Waals surface area (Å²) in [4.78, 5) is 1.58. The molecule has 1 aromatic rings. The topological polar surface area (TPSA) is 49.4 Å². The SMILES string of the molecule is Cc1ccc(S(=O)(=O)NC2(C(F)(F)F)CCCCN(CC(C)C)C2)cc1. The van der Waals surface area contributed by atoms with Gasteiger partial charge >= 0.3 is 6.18 Å². The van der Waals surface area contributed by atoms with Gasteiger partial charge in [-0.3, -0.25) is 0 Å². The first-order chi connectivity index (χ1) is 12.0. The van der Waals surface area contributed by atoms with Gasteiger partial charge in [-0.05, 0) is 50.8 Å². The number of alkyl halides is 3. The average molecular weight is 392 g/mol. The lowest BCUT2D eigenvalue weighted by Crippen LogP contribution is -2.63. The Balaban J connectivity index is 2.38. The van der Waals surface area contributed by atoms with Gasteiger partial charge in [0.25, 0.3) is 0 Å². The zero-order chi connectivity index (χ0) is 19.6. The molecule has 0 aromatic heterocycles. The molecule has 1 aromatic carbocycles. The third kappa shape index (κ3) is 4.98. The van der Waals surface area contributed by atoms with Crippen LogP contribution in [-0.4, -0.2) is 44.7 Å². The quantitative estimate of drug-likeness (QED) is 0.831. The van der Waals surface area contributed by atoms with E-state index in [2.05, 4.69) is 0 Å². The van der Waals surface area contributed by atoms with Crippen LogP contribution in [0.3, 0.4) is 0 Å². The Labute approximate surface area is 153 Å². The van der Waals surface area contributed by atoms with E-state index in [-0.39, 0.29) is 23.8 Å². The molecule has 26 heavy (non-hydrogen) atoms. The van der Waals surface area contributed by atoms with E-state index in [1.165, 1.54) is 12.1 Å². The van der Waals surface area contributed by atoms with Gasteiger partial charge in [-0.1, -0.05) is 31.5 Å². The van der Waals surface area contributed by atoms with Crippen LogP contribution in [0.1, 0.15) is 38.7 Å². The van der Waals surface area contributed by atoms with Crippen LogP contribution in [0.15, 0.2) is 29.2 Å². The van der Waals surface area contributed by atoms with Crippen molar-refractivity contribution in [2.45, 2.75) is 56.6 Å². The van der Waals surface area contributed by atoms with Gasteiger partial charge in [0.15, 0.2) is 0 Å². The second kappa shape index (κ2) is 7.86. The number of likely N-dealkylation sites (tertiary alicyclic amines) is 1. The lowest BCUT2D eigenvalue weighted by Gasteiger charge is -2.38. The van der Waals surface area contributed by atoms with E-state index >= 15 is 0 Å². The Morgan fingerprint density at radius 2 is 1.81 bits per heavy atom. The van der Waals surface area contributed by atoms with E-state index in [0.29, 0.717) is 25.9 Å². The maximum absolute atomic E-state index is 14.0. The van der Waals surface area contributed by atoms with Crippen molar-refractivity contribution in [3.05, 3.63) is 29.8 Å². The van der Waals surface area contributed by atoms with E-state index in [4.69, 9.17) is 0 Å². The van der Waals surface area contributed by atoms with Crippen molar-refractivity contribution < 1.29 is 21.6 Å². The Kier molecular flexibility index (Phi) is 6.40. The zero-order valence-electron chi connectivity index (χ0n) is 15.4. The molecule has 1 unspecified atom stereocenters. The van der Waals surface area contributed by atoms with E-state index in [9.17, 15) is 21.6 Å². The number of sulfonamides is 1. The van der Waals surface area contributed by atoms with Crippen LogP contribution in [0.4, 0.5) is 13.2 Å². The molecule has 1 heterocycles. The van der Waals surface area contributed by atoms with Crippen LogP contribution in [0.5, 0.6) is 0 Å². The number of halogens is 3. The highest BCUT2D eigenvalue weighted by Crippen LogP contribution is 2.38. The van der Waals surface area contributed by atoms with Gasteiger partial charge in [-0.25, -0.2) is 8.42 Å². The minimum absolute atomic E-state index is 0.147. The highest BCUT2D eigenvalue weighted by Gasteiger charge is 2.57. The predicted octanol–water partition coefficient (Wildman–Crippen LogP) is 3.72. The third-order valence-corrected chi connectivity index (χ3v) is 6.20. The molecular weight excluding hydrogens is 365 g/mol. The first kappa shape index (κ1) is 21.2. The van der Waals surface area contributed by atoms with Gasteiger partial charge in [0, 0.05) is 13.1 Å². The Morgan fingerprint density at radius 1 is 1.19 bits per heavy atom. The molecule has 0 aliphatic carbocycles. The number of rotatable bonds is 5. The molecule has 1 fully saturated rings. The summed E-state index contributed by atoms with van der Waals surface area (Å²) in [6.07, 6.45) is -3.98. The molecule has 148 valence electrons. The Bertz CT molecular complexity index is 702.